The molecule has 0 radical (unpaired) electrons. The van der Waals surface area contributed by atoms with E-state index in [0.29, 0.717) is 34.7 Å². The smallest absolute Gasteiger partial charge is 0.262 e. The number of fused-ring (bicyclic) bond motifs is 1. The van der Waals surface area contributed by atoms with Crippen molar-refractivity contribution < 1.29 is 19.1 Å². The van der Waals surface area contributed by atoms with Gasteiger partial charge in [0.25, 0.3) is 11.8 Å². The number of hydrogen-bond donors (Lipinski definition) is 1. The van der Waals surface area contributed by atoms with Gasteiger partial charge in [-0.1, -0.05) is 44.2 Å². The second-order valence-electron chi connectivity index (χ2n) is 8.10. The lowest BCUT2D eigenvalue weighted by molar-refractivity contribution is -0.120. The molecule has 6 heteroatoms. The van der Waals surface area contributed by atoms with Gasteiger partial charge in [-0.2, -0.15) is 0 Å². The van der Waals surface area contributed by atoms with Gasteiger partial charge in [0.15, 0.2) is 0 Å². The monoisotopic (exact) mass is 428 g/mol. The molecule has 0 saturated heterocycles. The van der Waals surface area contributed by atoms with E-state index >= 15 is 0 Å². The Morgan fingerprint density at radius 2 is 1.34 bits per heavy atom. The molecule has 0 spiro atoms. The summed E-state index contributed by atoms with van der Waals surface area (Å²) in [6, 6.07) is 22.1. The third-order valence-electron chi connectivity index (χ3n) is 5.24. The van der Waals surface area contributed by atoms with Gasteiger partial charge in [-0.3, -0.25) is 19.3 Å². The number of benzene rings is 3. The average molecular weight is 428 g/mol. The summed E-state index contributed by atoms with van der Waals surface area (Å²) in [5, 5.41) is 2.84. The Morgan fingerprint density at radius 3 is 1.91 bits per heavy atom. The van der Waals surface area contributed by atoms with Crippen LogP contribution in [0.25, 0.3) is 0 Å². The van der Waals surface area contributed by atoms with Crippen molar-refractivity contribution in [2.24, 2.45) is 5.92 Å². The minimum absolute atomic E-state index is 0.108. The topological polar surface area (TPSA) is 75.7 Å². The first kappa shape index (κ1) is 21.3. The Kier molecular flexibility index (Phi) is 6.03. The first-order chi connectivity index (χ1) is 15.4. The van der Waals surface area contributed by atoms with Crippen LogP contribution in [0.5, 0.6) is 11.5 Å². The number of nitrogens with one attached hydrogen (secondary N) is 1. The molecule has 1 aliphatic heterocycles. The molecule has 3 aromatic rings. The highest BCUT2D eigenvalue weighted by Gasteiger charge is 2.42. The maximum absolute atomic E-state index is 13.2. The van der Waals surface area contributed by atoms with Crippen LogP contribution in [-0.4, -0.2) is 28.7 Å². The van der Waals surface area contributed by atoms with Gasteiger partial charge in [-0.05, 0) is 60.9 Å². The average Bonchev–Trinajstić information content (AvgIpc) is 3.04. The molecule has 1 N–H and O–H groups in total. The van der Waals surface area contributed by atoms with Gasteiger partial charge >= 0.3 is 0 Å². The first-order valence-electron chi connectivity index (χ1n) is 10.5. The minimum atomic E-state index is -0.900. The molecule has 0 bridgehead atoms. The van der Waals surface area contributed by atoms with E-state index in [2.05, 4.69) is 5.32 Å². The van der Waals surface area contributed by atoms with Crippen LogP contribution in [0.2, 0.25) is 0 Å². The minimum Gasteiger partial charge on any atom is -0.457 e. The number of anilines is 1. The quantitative estimate of drug-likeness (QED) is 0.530. The van der Waals surface area contributed by atoms with Crippen molar-refractivity contribution in [3.8, 4) is 11.5 Å². The van der Waals surface area contributed by atoms with Crippen molar-refractivity contribution in [2.75, 3.05) is 5.32 Å². The number of hydrogen-bond acceptors (Lipinski definition) is 4. The van der Waals surface area contributed by atoms with Crippen LogP contribution in [0.3, 0.4) is 0 Å². The Hall–Kier alpha value is -3.93. The summed E-state index contributed by atoms with van der Waals surface area (Å²) < 4.78 is 5.77. The molecule has 32 heavy (non-hydrogen) atoms. The van der Waals surface area contributed by atoms with Crippen molar-refractivity contribution in [1.82, 2.24) is 4.90 Å². The van der Waals surface area contributed by atoms with E-state index in [-0.39, 0.29) is 5.92 Å². The largest absolute Gasteiger partial charge is 0.457 e. The summed E-state index contributed by atoms with van der Waals surface area (Å²) in [5.74, 6) is 0.192. The lowest BCUT2D eigenvalue weighted by atomic mass is 10.0. The fourth-order valence-corrected chi connectivity index (χ4v) is 3.72. The Balaban J connectivity index is 1.50. The van der Waals surface area contributed by atoms with Gasteiger partial charge in [0.05, 0.1) is 11.1 Å². The molecule has 0 aliphatic carbocycles. The number of rotatable bonds is 7. The molecule has 1 atom stereocenters. The highest BCUT2D eigenvalue weighted by atomic mass is 16.5. The SMILES string of the molecule is CC(C)C[C@H](C(=O)Nc1ccc(Oc2ccccc2)cc1)N1C(=O)c2ccccc2C1=O. The van der Waals surface area contributed by atoms with Gasteiger partial charge < -0.3 is 10.1 Å². The fraction of sp³-hybridized carbons (Fsp3) is 0.192. The van der Waals surface area contributed by atoms with Crippen LogP contribution in [0, 0.1) is 5.92 Å². The van der Waals surface area contributed by atoms with E-state index in [0.717, 1.165) is 4.90 Å². The second kappa shape index (κ2) is 9.06. The molecule has 0 unspecified atom stereocenters. The summed E-state index contributed by atoms with van der Waals surface area (Å²) in [5.41, 5.74) is 1.23. The Labute approximate surface area is 186 Å². The molecule has 0 saturated carbocycles. The number of para-hydroxylation sites is 1. The lowest BCUT2D eigenvalue weighted by Crippen LogP contribution is -2.47. The number of carbonyl (C=O) groups is 3. The fourth-order valence-electron chi connectivity index (χ4n) is 3.72. The van der Waals surface area contributed by atoms with Crippen molar-refractivity contribution in [3.05, 3.63) is 90.0 Å². The molecule has 3 amide bonds. The van der Waals surface area contributed by atoms with Crippen LogP contribution in [0.4, 0.5) is 5.69 Å². The number of carbonyl (C=O) groups excluding carboxylic acids is 3. The summed E-state index contributed by atoms with van der Waals surface area (Å²) in [6.45, 7) is 3.91. The number of ether oxygens (including phenoxy) is 1. The van der Waals surface area contributed by atoms with E-state index in [9.17, 15) is 14.4 Å². The third-order valence-corrected chi connectivity index (χ3v) is 5.24. The van der Waals surface area contributed by atoms with Gasteiger partial charge in [-0.25, -0.2) is 0 Å². The van der Waals surface area contributed by atoms with Crippen LogP contribution in [0.1, 0.15) is 41.0 Å². The van der Waals surface area contributed by atoms with Crippen LogP contribution in [0.15, 0.2) is 78.9 Å². The highest BCUT2D eigenvalue weighted by molar-refractivity contribution is 6.23. The molecule has 0 fully saturated rings. The standard InChI is InChI=1S/C26H24N2O4/c1-17(2)16-23(28-25(30)21-10-6-7-11-22(21)26(28)31)24(29)27-18-12-14-20(15-13-18)32-19-8-4-3-5-9-19/h3-15,17,23H,16H2,1-2H3,(H,27,29)/t23-/m1/s1. The summed E-state index contributed by atoms with van der Waals surface area (Å²) >= 11 is 0. The zero-order valence-electron chi connectivity index (χ0n) is 17.9. The predicted molar refractivity (Wildman–Crippen MR) is 122 cm³/mol. The van der Waals surface area contributed by atoms with E-state index in [1.165, 1.54) is 0 Å². The summed E-state index contributed by atoms with van der Waals surface area (Å²) in [4.78, 5) is 40.1. The molecule has 6 nitrogen and oxygen atoms in total. The zero-order chi connectivity index (χ0) is 22.7. The molecule has 1 heterocycles. The molecule has 3 aromatic carbocycles. The molecule has 1 aliphatic rings. The van der Waals surface area contributed by atoms with Crippen LogP contribution >= 0.6 is 0 Å². The van der Waals surface area contributed by atoms with E-state index in [4.69, 9.17) is 4.74 Å². The Bertz CT molecular complexity index is 1110. The maximum atomic E-state index is 13.2. The summed E-state index contributed by atoms with van der Waals surface area (Å²) in [7, 11) is 0. The van der Waals surface area contributed by atoms with E-state index in [1.807, 2.05) is 44.2 Å². The first-order valence-corrected chi connectivity index (χ1v) is 10.5. The molecule has 4 rings (SSSR count). The molecular formula is C26H24N2O4. The highest BCUT2D eigenvalue weighted by Crippen LogP contribution is 2.28. The van der Waals surface area contributed by atoms with Crippen LogP contribution < -0.4 is 10.1 Å². The number of nitrogens with zero attached hydrogens (tertiary/aromatic N) is 1. The molecular weight excluding hydrogens is 404 g/mol. The summed E-state index contributed by atoms with van der Waals surface area (Å²) in [6.07, 6.45) is 0.368. The van der Waals surface area contributed by atoms with Gasteiger partial charge in [0, 0.05) is 5.69 Å². The normalized spacial score (nSPS) is 13.8. The van der Waals surface area contributed by atoms with E-state index in [1.54, 1.807) is 48.5 Å². The van der Waals surface area contributed by atoms with E-state index < -0.39 is 23.8 Å². The van der Waals surface area contributed by atoms with Crippen molar-refractivity contribution in [2.45, 2.75) is 26.3 Å². The van der Waals surface area contributed by atoms with Gasteiger partial charge in [0.2, 0.25) is 5.91 Å². The van der Waals surface area contributed by atoms with Gasteiger partial charge in [0.1, 0.15) is 17.5 Å². The van der Waals surface area contributed by atoms with Crippen LogP contribution in [-0.2, 0) is 4.79 Å². The molecule has 0 aromatic heterocycles. The Morgan fingerprint density at radius 1 is 0.812 bits per heavy atom. The van der Waals surface area contributed by atoms with Crippen molar-refractivity contribution in [3.63, 3.8) is 0 Å². The maximum Gasteiger partial charge on any atom is 0.262 e. The van der Waals surface area contributed by atoms with Crippen molar-refractivity contribution in [1.29, 1.82) is 0 Å². The third kappa shape index (κ3) is 4.39. The zero-order valence-corrected chi connectivity index (χ0v) is 17.9. The predicted octanol–water partition coefficient (Wildman–Crippen LogP) is 5.13. The molecule has 162 valence electrons. The van der Waals surface area contributed by atoms with Gasteiger partial charge in [-0.15, -0.1) is 0 Å². The number of amides is 3. The number of imide groups is 1. The van der Waals surface area contributed by atoms with Crippen molar-refractivity contribution >= 4 is 23.4 Å². The lowest BCUT2D eigenvalue weighted by Gasteiger charge is -2.26. The second-order valence-corrected chi connectivity index (χ2v) is 8.10.